The molecule has 162 valence electrons. The fourth-order valence-electron chi connectivity index (χ4n) is 2.93. The van der Waals surface area contributed by atoms with Gasteiger partial charge in [-0.3, -0.25) is 24.1 Å². The molecule has 2 aliphatic rings. The molecule has 12 heteroatoms. The molecule has 0 unspecified atom stereocenters. The summed E-state index contributed by atoms with van der Waals surface area (Å²) >= 11 is 0. The van der Waals surface area contributed by atoms with Crippen molar-refractivity contribution in [3.05, 3.63) is 12.2 Å². The van der Waals surface area contributed by atoms with E-state index in [1.54, 1.807) is 0 Å². The van der Waals surface area contributed by atoms with Gasteiger partial charge in [-0.1, -0.05) is 0 Å². The molecule has 0 aromatic heterocycles. The molecular weight excluding hydrogens is 390 g/mol. The molecule has 2 rings (SSSR count). The Hall–Kier alpha value is -2.38. The lowest BCUT2D eigenvalue weighted by atomic mass is 9.97. The predicted molar refractivity (Wildman–Crippen MR) is 94.8 cm³/mol. The summed E-state index contributed by atoms with van der Waals surface area (Å²) in [6.07, 6.45) is -2.90. The molecule has 29 heavy (non-hydrogen) atoms. The molecule has 5 N–H and O–H groups in total. The minimum Gasteiger partial charge on any atom is -0.394 e. The lowest BCUT2D eigenvalue weighted by Gasteiger charge is -2.42. The summed E-state index contributed by atoms with van der Waals surface area (Å²) in [6.45, 7) is 0.602. The summed E-state index contributed by atoms with van der Waals surface area (Å²) in [5, 5.41) is 34.3. The Balaban J connectivity index is 1.76. The maximum atomic E-state index is 11.8. The van der Waals surface area contributed by atoms with Crippen molar-refractivity contribution in [2.75, 3.05) is 26.3 Å². The Bertz CT molecular complexity index is 651. The topological polar surface area (TPSA) is 175 Å². The third-order valence-electron chi connectivity index (χ3n) is 4.42. The minimum absolute atomic E-state index is 0.0457. The van der Waals surface area contributed by atoms with Crippen molar-refractivity contribution in [1.29, 1.82) is 0 Å². The quantitative estimate of drug-likeness (QED) is 0.188. The van der Waals surface area contributed by atoms with Crippen LogP contribution in [0.15, 0.2) is 12.2 Å². The van der Waals surface area contributed by atoms with E-state index in [1.807, 2.05) is 0 Å². The number of nitrogens with one attached hydrogen (secondary N) is 2. The standard InChI is InChI=1S/C17H25N3O9/c1-9(22)19-14-16(27)15(26)10(8-21)29-17(14)28-7-5-18-11(23)4-6-20-12(24)2-3-13(20)25/h2-3,10,14-17,21,26-27H,4-8H2,1H3,(H,18,23)(H,19,22)/t10-,14-,15-,16-,17-/m1/s1. The second kappa shape index (κ2) is 10.4. The van der Waals surface area contributed by atoms with Gasteiger partial charge < -0.3 is 35.4 Å². The normalized spacial score (nSPS) is 29.2. The van der Waals surface area contributed by atoms with E-state index in [0.717, 1.165) is 17.1 Å². The highest BCUT2D eigenvalue weighted by atomic mass is 16.7. The Kier molecular flexibility index (Phi) is 8.22. The monoisotopic (exact) mass is 415 g/mol. The van der Waals surface area contributed by atoms with Crippen LogP contribution in [0.3, 0.4) is 0 Å². The number of carbonyl (C=O) groups excluding carboxylic acids is 4. The number of amides is 4. The van der Waals surface area contributed by atoms with E-state index in [1.165, 1.54) is 6.92 Å². The summed E-state index contributed by atoms with van der Waals surface area (Å²) in [5.41, 5.74) is 0. The van der Waals surface area contributed by atoms with E-state index in [2.05, 4.69) is 10.6 Å². The van der Waals surface area contributed by atoms with Crippen molar-refractivity contribution in [1.82, 2.24) is 15.5 Å². The largest absolute Gasteiger partial charge is 0.394 e. The molecule has 0 spiro atoms. The first-order valence-corrected chi connectivity index (χ1v) is 9.06. The lowest BCUT2D eigenvalue weighted by Crippen LogP contribution is -2.64. The number of nitrogens with zero attached hydrogens (tertiary/aromatic N) is 1. The molecule has 0 radical (unpaired) electrons. The van der Waals surface area contributed by atoms with Crippen molar-refractivity contribution in [3.8, 4) is 0 Å². The molecule has 1 fully saturated rings. The molecular formula is C17H25N3O9. The van der Waals surface area contributed by atoms with Gasteiger partial charge in [0.25, 0.3) is 11.8 Å². The zero-order valence-electron chi connectivity index (χ0n) is 15.8. The highest BCUT2D eigenvalue weighted by Crippen LogP contribution is 2.22. The number of imide groups is 1. The zero-order chi connectivity index (χ0) is 21.6. The Morgan fingerprint density at radius 3 is 2.45 bits per heavy atom. The van der Waals surface area contributed by atoms with Crippen molar-refractivity contribution < 1.29 is 44.0 Å². The number of hydrogen-bond acceptors (Lipinski definition) is 9. The van der Waals surface area contributed by atoms with Gasteiger partial charge in [-0.25, -0.2) is 0 Å². The van der Waals surface area contributed by atoms with Crippen LogP contribution >= 0.6 is 0 Å². The summed E-state index contributed by atoms with van der Waals surface area (Å²) in [7, 11) is 0. The van der Waals surface area contributed by atoms with E-state index >= 15 is 0 Å². The molecule has 1 saturated heterocycles. The van der Waals surface area contributed by atoms with Crippen LogP contribution < -0.4 is 10.6 Å². The second-order valence-electron chi connectivity index (χ2n) is 6.57. The first kappa shape index (κ1) is 22.9. The highest BCUT2D eigenvalue weighted by molar-refractivity contribution is 6.13. The van der Waals surface area contributed by atoms with E-state index < -0.39 is 60.9 Å². The fraction of sp³-hybridized carbons (Fsp3) is 0.647. The minimum atomic E-state index is -1.42. The molecule has 0 saturated carbocycles. The van der Waals surface area contributed by atoms with Crippen LogP contribution in [0.5, 0.6) is 0 Å². The maximum absolute atomic E-state index is 11.8. The third-order valence-corrected chi connectivity index (χ3v) is 4.42. The van der Waals surface area contributed by atoms with Gasteiger partial charge in [-0.15, -0.1) is 0 Å². The van der Waals surface area contributed by atoms with Crippen LogP contribution in [0.25, 0.3) is 0 Å². The lowest BCUT2D eigenvalue weighted by molar-refractivity contribution is -0.269. The van der Waals surface area contributed by atoms with Crippen molar-refractivity contribution in [2.45, 2.75) is 44.0 Å². The van der Waals surface area contributed by atoms with Crippen molar-refractivity contribution in [2.24, 2.45) is 0 Å². The van der Waals surface area contributed by atoms with Gasteiger partial charge in [-0.2, -0.15) is 0 Å². The van der Waals surface area contributed by atoms with Gasteiger partial charge in [-0.05, 0) is 0 Å². The van der Waals surface area contributed by atoms with E-state index in [9.17, 15) is 34.5 Å². The average Bonchev–Trinajstić information content (AvgIpc) is 2.99. The number of carbonyl (C=O) groups is 4. The van der Waals surface area contributed by atoms with E-state index in [4.69, 9.17) is 9.47 Å². The molecule has 0 bridgehead atoms. The van der Waals surface area contributed by atoms with E-state index in [-0.39, 0.29) is 26.1 Å². The highest BCUT2D eigenvalue weighted by Gasteiger charge is 2.45. The van der Waals surface area contributed by atoms with Crippen LogP contribution in [-0.2, 0) is 28.7 Å². The first-order chi connectivity index (χ1) is 13.7. The predicted octanol–water partition coefficient (Wildman–Crippen LogP) is -3.62. The molecule has 2 heterocycles. The molecule has 12 nitrogen and oxygen atoms in total. The van der Waals surface area contributed by atoms with Crippen LogP contribution in [0.1, 0.15) is 13.3 Å². The van der Waals surface area contributed by atoms with Gasteiger partial charge >= 0.3 is 0 Å². The zero-order valence-corrected chi connectivity index (χ0v) is 15.8. The SMILES string of the molecule is CC(=O)N[C@H]1[C@H](OCCNC(=O)CCN2C(=O)C=CC2=O)O[C@H](CO)[C@@H](O)[C@@H]1O. The molecule has 2 aliphatic heterocycles. The van der Waals surface area contributed by atoms with Gasteiger partial charge in [0.05, 0.1) is 13.2 Å². The molecule has 4 amide bonds. The van der Waals surface area contributed by atoms with Gasteiger partial charge in [0, 0.05) is 38.6 Å². The van der Waals surface area contributed by atoms with Crippen molar-refractivity contribution >= 4 is 23.6 Å². The molecule has 0 aromatic carbocycles. The van der Waals surface area contributed by atoms with Crippen molar-refractivity contribution in [3.63, 3.8) is 0 Å². The van der Waals surface area contributed by atoms with Crippen LogP contribution in [-0.4, -0.2) is 101 Å². The summed E-state index contributed by atoms with van der Waals surface area (Å²) < 4.78 is 10.8. The molecule has 0 aromatic rings. The Morgan fingerprint density at radius 2 is 1.86 bits per heavy atom. The molecule has 5 atom stereocenters. The smallest absolute Gasteiger partial charge is 0.253 e. The number of aliphatic hydroxyl groups is 3. The second-order valence-corrected chi connectivity index (χ2v) is 6.57. The number of aliphatic hydroxyl groups excluding tert-OH is 3. The Morgan fingerprint density at radius 1 is 1.21 bits per heavy atom. The maximum Gasteiger partial charge on any atom is 0.253 e. The third kappa shape index (κ3) is 6.05. The number of hydrogen-bond donors (Lipinski definition) is 5. The van der Waals surface area contributed by atoms with E-state index in [0.29, 0.717) is 0 Å². The Labute approximate surface area is 166 Å². The number of ether oxygens (including phenoxy) is 2. The van der Waals surface area contributed by atoms with Crippen LogP contribution in [0.4, 0.5) is 0 Å². The first-order valence-electron chi connectivity index (χ1n) is 9.06. The van der Waals surface area contributed by atoms with Gasteiger partial charge in [0.2, 0.25) is 11.8 Å². The average molecular weight is 415 g/mol. The molecule has 0 aliphatic carbocycles. The summed E-state index contributed by atoms with van der Waals surface area (Å²) in [5.74, 6) is -1.82. The fourth-order valence-corrected chi connectivity index (χ4v) is 2.93. The summed E-state index contributed by atoms with van der Waals surface area (Å²) in [4.78, 5) is 46.9. The van der Waals surface area contributed by atoms with Crippen LogP contribution in [0.2, 0.25) is 0 Å². The van der Waals surface area contributed by atoms with Gasteiger partial charge in [0.15, 0.2) is 6.29 Å². The number of rotatable bonds is 9. The van der Waals surface area contributed by atoms with Crippen LogP contribution in [0, 0.1) is 0 Å². The summed E-state index contributed by atoms with van der Waals surface area (Å²) in [6, 6.07) is -1.07. The van der Waals surface area contributed by atoms with Gasteiger partial charge in [0.1, 0.15) is 24.4 Å².